The first-order valence-electron chi connectivity index (χ1n) is 12.1. The first-order valence-corrected chi connectivity index (χ1v) is 12.1. The van der Waals surface area contributed by atoms with Crippen LogP contribution in [-0.4, -0.2) is 41.0 Å². The van der Waals surface area contributed by atoms with Gasteiger partial charge in [-0.3, -0.25) is 9.59 Å². The van der Waals surface area contributed by atoms with E-state index in [4.69, 9.17) is 4.74 Å². The van der Waals surface area contributed by atoms with E-state index >= 15 is 0 Å². The van der Waals surface area contributed by atoms with Crippen molar-refractivity contribution in [3.8, 4) is 0 Å². The molecule has 0 bridgehead atoms. The Hall–Kier alpha value is -3.35. The average Bonchev–Trinajstić information content (AvgIpc) is 3.48. The van der Waals surface area contributed by atoms with Crippen LogP contribution >= 0.6 is 0 Å². The van der Waals surface area contributed by atoms with Gasteiger partial charge in [-0.2, -0.15) is 0 Å². The summed E-state index contributed by atoms with van der Waals surface area (Å²) in [5, 5.41) is 5.58. The summed E-state index contributed by atoms with van der Waals surface area (Å²) in [6, 6.07) is 12.5. The monoisotopic (exact) mass is 479 g/mol. The number of hydrogen-bond donors (Lipinski definition) is 2. The minimum Gasteiger partial charge on any atom is -0.444 e. The number of nitrogens with zero attached hydrogens (tertiary/aromatic N) is 1. The van der Waals surface area contributed by atoms with E-state index in [1.165, 1.54) is 0 Å². The first kappa shape index (κ1) is 26.3. The number of anilines is 1. The Morgan fingerprint density at radius 1 is 1.03 bits per heavy atom. The standard InChI is InChI=1S/C28H37N3O4/c1-17-12-13-21(14-19(17)3)25(26(33)30-22-11-9-8-10-18(22)2)31(23-15-20(23)4)24(32)16-29-27(34)35-28(5,6)7/h8-14,20,23,25H,15-16H2,1-7H3,(H,29,34)(H,30,33). The van der Waals surface area contributed by atoms with Crippen LogP contribution in [0, 0.1) is 26.7 Å². The van der Waals surface area contributed by atoms with E-state index < -0.39 is 17.7 Å². The van der Waals surface area contributed by atoms with Crippen molar-refractivity contribution in [1.82, 2.24) is 10.2 Å². The van der Waals surface area contributed by atoms with E-state index in [-0.39, 0.29) is 30.3 Å². The quantitative estimate of drug-likeness (QED) is 0.582. The van der Waals surface area contributed by atoms with Gasteiger partial charge in [0, 0.05) is 11.7 Å². The summed E-state index contributed by atoms with van der Waals surface area (Å²) < 4.78 is 5.28. The lowest BCUT2D eigenvalue weighted by atomic mass is 9.98. The van der Waals surface area contributed by atoms with E-state index in [1.807, 2.05) is 63.2 Å². The topological polar surface area (TPSA) is 87.7 Å². The molecule has 35 heavy (non-hydrogen) atoms. The summed E-state index contributed by atoms with van der Waals surface area (Å²) in [5.41, 5.74) is 3.85. The Kier molecular flexibility index (Phi) is 7.88. The van der Waals surface area contributed by atoms with Gasteiger partial charge >= 0.3 is 6.09 Å². The molecule has 3 rings (SSSR count). The SMILES string of the molecule is Cc1ccc(C(C(=O)Nc2ccccc2C)N(C(=O)CNC(=O)OC(C)(C)C)C2CC2C)cc1C. The van der Waals surface area contributed by atoms with Gasteiger partial charge in [0.2, 0.25) is 5.91 Å². The van der Waals surface area contributed by atoms with Crippen molar-refractivity contribution in [2.75, 3.05) is 11.9 Å². The molecule has 0 spiro atoms. The van der Waals surface area contributed by atoms with E-state index in [1.54, 1.807) is 25.7 Å². The van der Waals surface area contributed by atoms with Crippen molar-refractivity contribution < 1.29 is 19.1 Å². The van der Waals surface area contributed by atoms with E-state index in [0.29, 0.717) is 5.69 Å². The molecular weight excluding hydrogens is 442 g/mol. The Morgan fingerprint density at radius 3 is 2.26 bits per heavy atom. The first-order chi connectivity index (χ1) is 16.4. The van der Waals surface area contributed by atoms with Gasteiger partial charge in [0.25, 0.3) is 5.91 Å². The van der Waals surface area contributed by atoms with Crippen molar-refractivity contribution in [3.05, 3.63) is 64.7 Å². The van der Waals surface area contributed by atoms with Crippen LogP contribution < -0.4 is 10.6 Å². The third-order valence-electron chi connectivity index (χ3n) is 6.27. The number of ether oxygens (including phenoxy) is 1. The average molecular weight is 480 g/mol. The number of hydrogen-bond acceptors (Lipinski definition) is 4. The highest BCUT2D eigenvalue weighted by Gasteiger charge is 2.46. The molecule has 3 unspecified atom stereocenters. The predicted octanol–water partition coefficient (Wildman–Crippen LogP) is 5.05. The highest BCUT2D eigenvalue weighted by Crippen LogP contribution is 2.41. The van der Waals surface area contributed by atoms with Gasteiger partial charge < -0.3 is 20.3 Å². The second kappa shape index (κ2) is 10.5. The molecule has 3 amide bonds. The van der Waals surface area contributed by atoms with Gasteiger partial charge in [0.1, 0.15) is 18.2 Å². The molecule has 2 N–H and O–H groups in total. The number of aryl methyl sites for hydroxylation is 3. The van der Waals surface area contributed by atoms with Crippen LogP contribution in [0.4, 0.5) is 10.5 Å². The highest BCUT2D eigenvalue weighted by molar-refractivity contribution is 5.99. The van der Waals surface area contributed by atoms with Crippen molar-refractivity contribution in [2.24, 2.45) is 5.92 Å². The molecule has 2 aromatic rings. The summed E-state index contributed by atoms with van der Waals surface area (Å²) in [6.07, 6.45) is 0.138. The van der Waals surface area contributed by atoms with Crippen molar-refractivity contribution in [3.63, 3.8) is 0 Å². The summed E-state index contributed by atoms with van der Waals surface area (Å²) in [5.74, 6) is -0.346. The van der Waals surface area contributed by atoms with Gasteiger partial charge in [-0.15, -0.1) is 0 Å². The fraction of sp³-hybridized carbons (Fsp3) is 0.464. The van der Waals surface area contributed by atoms with E-state index in [0.717, 1.165) is 28.7 Å². The molecular formula is C28H37N3O4. The number of benzene rings is 2. The molecule has 0 aliphatic heterocycles. The van der Waals surface area contributed by atoms with Gasteiger partial charge in [-0.25, -0.2) is 4.79 Å². The van der Waals surface area contributed by atoms with E-state index in [2.05, 4.69) is 17.6 Å². The summed E-state index contributed by atoms with van der Waals surface area (Å²) in [7, 11) is 0. The van der Waals surface area contributed by atoms with Crippen LogP contribution in [-0.2, 0) is 14.3 Å². The lowest BCUT2D eigenvalue weighted by Gasteiger charge is -2.32. The summed E-state index contributed by atoms with van der Waals surface area (Å²) >= 11 is 0. The zero-order valence-electron chi connectivity index (χ0n) is 21.8. The number of para-hydroxylation sites is 1. The molecule has 0 radical (unpaired) electrons. The lowest BCUT2D eigenvalue weighted by molar-refractivity contribution is -0.139. The van der Waals surface area contributed by atoms with Crippen LogP contribution in [0.1, 0.15) is 62.4 Å². The number of nitrogens with one attached hydrogen (secondary N) is 2. The molecule has 1 fully saturated rings. The van der Waals surface area contributed by atoms with E-state index in [9.17, 15) is 14.4 Å². The smallest absolute Gasteiger partial charge is 0.408 e. The Balaban J connectivity index is 1.93. The molecule has 0 aromatic heterocycles. The zero-order chi connectivity index (χ0) is 25.9. The minimum atomic E-state index is -0.836. The number of carbonyl (C=O) groups excluding carboxylic acids is 3. The number of rotatable bonds is 7. The maximum absolute atomic E-state index is 13.8. The second-order valence-corrected chi connectivity index (χ2v) is 10.5. The predicted molar refractivity (Wildman–Crippen MR) is 137 cm³/mol. The third-order valence-corrected chi connectivity index (χ3v) is 6.27. The van der Waals surface area contributed by atoms with Crippen LogP contribution in [0.5, 0.6) is 0 Å². The molecule has 0 saturated heterocycles. The van der Waals surface area contributed by atoms with Gasteiger partial charge in [-0.05, 0) is 82.2 Å². The molecule has 1 saturated carbocycles. The van der Waals surface area contributed by atoms with Crippen LogP contribution in [0.3, 0.4) is 0 Å². The maximum Gasteiger partial charge on any atom is 0.408 e. The Labute approximate surface area is 208 Å². The van der Waals surface area contributed by atoms with Gasteiger partial charge in [0.15, 0.2) is 0 Å². The molecule has 2 aromatic carbocycles. The third kappa shape index (κ3) is 6.84. The Morgan fingerprint density at radius 2 is 1.69 bits per heavy atom. The molecule has 3 atom stereocenters. The van der Waals surface area contributed by atoms with Crippen molar-refractivity contribution in [2.45, 2.75) is 72.6 Å². The van der Waals surface area contributed by atoms with Crippen LogP contribution in [0.2, 0.25) is 0 Å². The fourth-order valence-corrected chi connectivity index (χ4v) is 4.05. The maximum atomic E-state index is 13.8. The van der Waals surface area contributed by atoms with Crippen LogP contribution in [0.25, 0.3) is 0 Å². The van der Waals surface area contributed by atoms with Crippen molar-refractivity contribution >= 4 is 23.6 Å². The molecule has 188 valence electrons. The zero-order valence-corrected chi connectivity index (χ0v) is 21.8. The fourth-order valence-electron chi connectivity index (χ4n) is 4.05. The largest absolute Gasteiger partial charge is 0.444 e. The number of alkyl carbamates (subject to hydrolysis) is 1. The minimum absolute atomic E-state index is 0.0860. The van der Waals surface area contributed by atoms with Crippen molar-refractivity contribution in [1.29, 1.82) is 0 Å². The van der Waals surface area contributed by atoms with Crippen LogP contribution in [0.15, 0.2) is 42.5 Å². The molecule has 1 aliphatic carbocycles. The molecule has 1 aliphatic rings. The second-order valence-electron chi connectivity index (χ2n) is 10.5. The summed E-state index contributed by atoms with van der Waals surface area (Å²) in [4.78, 5) is 41.1. The normalized spacial score (nSPS) is 17.8. The number of carbonyl (C=O) groups is 3. The van der Waals surface area contributed by atoms with Gasteiger partial charge in [0.05, 0.1) is 0 Å². The summed E-state index contributed by atoms with van der Waals surface area (Å²) in [6.45, 7) is 13.0. The van der Waals surface area contributed by atoms with Gasteiger partial charge in [-0.1, -0.05) is 43.3 Å². The Bertz CT molecular complexity index is 1110. The lowest BCUT2D eigenvalue weighted by Crippen LogP contribution is -2.48. The molecule has 7 heteroatoms. The number of amides is 3. The molecule has 0 heterocycles. The highest BCUT2D eigenvalue weighted by atomic mass is 16.6. The molecule has 7 nitrogen and oxygen atoms in total.